The van der Waals surface area contributed by atoms with Crippen molar-refractivity contribution >= 4 is 16.6 Å². The highest BCUT2D eigenvalue weighted by Crippen LogP contribution is 2.24. The molecule has 1 atom stereocenters. The first-order valence-electron chi connectivity index (χ1n) is 6.42. The van der Waals surface area contributed by atoms with Crippen molar-refractivity contribution in [3.05, 3.63) is 36.5 Å². The predicted octanol–water partition coefficient (Wildman–Crippen LogP) is 2.53. The van der Waals surface area contributed by atoms with Gasteiger partial charge >= 0.3 is 0 Å². The number of hydrogen-bond donors (Lipinski definition) is 1. The molecule has 0 aliphatic carbocycles. The van der Waals surface area contributed by atoms with Crippen LogP contribution in [0.25, 0.3) is 10.9 Å². The van der Waals surface area contributed by atoms with Crippen molar-refractivity contribution in [3.8, 4) is 0 Å². The lowest BCUT2D eigenvalue weighted by Crippen LogP contribution is -2.29. The molecule has 2 aromatic rings. The molecule has 0 saturated carbocycles. The third-order valence-corrected chi connectivity index (χ3v) is 3.18. The fourth-order valence-corrected chi connectivity index (χ4v) is 2.39. The molecule has 0 amide bonds. The molecule has 1 heterocycles. The van der Waals surface area contributed by atoms with Crippen LogP contribution in [0.3, 0.4) is 0 Å². The van der Waals surface area contributed by atoms with Crippen LogP contribution < -0.4 is 10.2 Å². The lowest BCUT2D eigenvalue weighted by molar-refractivity contribution is 0.543. The molecule has 18 heavy (non-hydrogen) atoms. The fraction of sp³-hybridized carbons (Fsp3) is 0.400. The first kappa shape index (κ1) is 12.8. The Bertz CT molecular complexity index is 505. The average Bonchev–Trinajstić information content (AvgIpc) is 2.38. The van der Waals surface area contributed by atoms with E-state index in [-0.39, 0.29) is 0 Å². The van der Waals surface area contributed by atoms with Crippen LogP contribution >= 0.6 is 0 Å². The molecule has 1 unspecified atom stereocenters. The summed E-state index contributed by atoms with van der Waals surface area (Å²) >= 11 is 0. The summed E-state index contributed by atoms with van der Waals surface area (Å²) in [5, 5.41) is 4.44. The minimum absolute atomic E-state index is 0.618. The van der Waals surface area contributed by atoms with Crippen LogP contribution in [-0.4, -0.2) is 32.2 Å². The molecule has 1 aromatic heterocycles. The Labute approximate surface area is 109 Å². The van der Waals surface area contributed by atoms with Gasteiger partial charge in [-0.2, -0.15) is 0 Å². The second-order valence-electron chi connectivity index (χ2n) is 4.89. The van der Waals surface area contributed by atoms with Gasteiger partial charge in [0.25, 0.3) is 0 Å². The van der Waals surface area contributed by atoms with Crippen molar-refractivity contribution in [3.63, 3.8) is 0 Å². The first-order valence-corrected chi connectivity index (χ1v) is 6.42. The molecule has 0 bridgehead atoms. The maximum Gasteiger partial charge on any atom is 0.0722 e. The van der Waals surface area contributed by atoms with E-state index in [1.807, 2.05) is 19.3 Å². The number of aromatic nitrogens is 1. The number of nitrogens with one attached hydrogen (secondary N) is 1. The van der Waals surface area contributed by atoms with Gasteiger partial charge in [-0.3, -0.25) is 4.98 Å². The zero-order valence-corrected chi connectivity index (χ0v) is 11.4. The second kappa shape index (κ2) is 5.83. The molecule has 3 nitrogen and oxygen atoms in total. The number of benzene rings is 1. The summed E-state index contributed by atoms with van der Waals surface area (Å²) in [6, 6.07) is 10.4. The van der Waals surface area contributed by atoms with Crippen molar-refractivity contribution in [2.24, 2.45) is 5.92 Å². The summed E-state index contributed by atoms with van der Waals surface area (Å²) in [5.74, 6) is 0.618. The smallest absolute Gasteiger partial charge is 0.0722 e. The summed E-state index contributed by atoms with van der Waals surface area (Å²) in [6.07, 6.45) is 1.89. The van der Waals surface area contributed by atoms with E-state index in [9.17, 15) is 0 Å². The van der Waals surface area contributed by atoms with E-state index < -0.39 is 0 Å². The van der Waals surface area contributed by atoms with Gasteiger partial charge in [0.2, 0.25) is 0 Å². The fourth-order valence-electron chi connectivity index (χ4n) is 2.39. The lowest BCUT2D eigenvalue weighted by Gasteiger charge is -2.24. The molecule has 3 heteroatoms. The number of rotatable bonds is 5. The van der Waals surface area contributed by atoms with E-state index in [0.29, 0.717) is 5.92 Å². The molecule has 1 N–H and O–H groups in total. The number of nitrogens with zero attached hydrogens (tertiary/aromatic N) is 2. The van der Waals surface area contributed by atoms with Gasteiger partial charge in [-0.25, -0.2) is 0 Å². The zero-order valence-electron chi connectivity index (χ0n) is 11.4. The molecular formula is C15H21N3. The summed E-state index contributed by atoms with van der Waals surface area (Å²) < 4.78 is 0. The zero-order chi connectivity index (χ0) is 13.0. The van der Waals surface area contributed by atoms with Crippen molar-refractivity contribution in [1.82, 2.24) is 10.3 Å². The molecule has 1 aromatic carbocycles. The number of pyridine rings is 1. The van der Waals surface area contributed by atoms with E-state index >= 15 is 0 Å². The van der Waals surface area contributed by atoms with Crippen molar-refractivity contribution < 1.29 is 0 Å². The Morgan fingerprint density at radius 2 is 2.06 bits per heavy atom. The van der Waals surface area contributed by atoms with Crippen molar-refractivity contribution in [2.45, 2.75) is 6.92 Å². The van der Waals surface area contributed by atoms with E-state index in [1.165, 1.54) is 11.1 Å². The van der Waals surface area contributed by atoms with Gasteiger partial charge in [-0.05, 0) is 31.6 Å². The van der Waals surface area contributed by atoms with Crippen LogP contribution in [-0.2, 0) is 0 Å². The maximum absolute atomic E-state index is 4.40. The quantitative estimate of drug-likeness (QED) is 0.874. The summed E-state index contributed by atoms with van der Waals surface area (Å²) in [5.41, 5.74) is 2.31. The van der Waals surface area contributed by atoms with Crippen LogP contribution in [0, 0.1) is 5.92 Å². The predicted molar refractivity (Wildman–Crippen MR) is 78.1 cm³/mol. The van der Waals surface area contributed by atoms with Gasteiger partial charge < -0.3 is 10.2 Å². The Hall–Kier alpha value is -1.61. The average molecular weight is 243 g/mol. The van der Waals surface area contributed by atoms with Gasteiger partial charge in [0, 0.05) is 30.9 Å². The maximum atomic E-state index is 4.40. The molecule has 0 spiro atoms. The molecular weight excluding hydrogens is 222 g/mol. The monoisotopic (exact) mass is 243 g/mol. The van der Waals surface area contributed by atoms with E-state index in [0.717, 1.165) is 18.6 Å². The number of para-hydroxylation sites is 1. The highest BCUT2D eigenvalue weighted by Gasteiger charge is 2.09. The van der Waals surface area contributed by atoms with E-state index in [4.69, 9.17) is 0 Å². The molecule has 96 valence electrons. The first-order chi connectivity index (χ1) is 8.72. The minimum atomic E-state index is 0.618. The van der Waals surface area contributed by atoms with Crippen molar-refractivity contribution in [2.75, 3.05) is 32.1 Å². The third kappa shape index (κ3) is 2.79. The van der Waals surface area contributed by atoms with E-state index in [1.54, 1.807) is 0 Å². The van der Waals surface area contributed by atoms with Gasteiger partial charge in [0.1, 0.15) is 0 Å². The largest absolute Gasteiger partial charge is 0.374 e. The minimum Gasteiger partial charge on any atom is -0.374 e. The Morgan fingerprint density at radius 3 is 2.83 bits per heavy atom. The Kier molecular flexibility index (Phi) is 4.15. The normalized spacial score (nSPS) is 12.6. The van der Waals surface area contributed by atoms with Crippen LogP contribution in [0.4, 0.5) is 5.69 Å². The van der Waals surface area contributed by atoms with Crippen molar-refractivity contribution in [1.29, 1.82) is 0 Å². The standard InChI is InChI=1S/C15H21N3/c1-12(10-16-2)11-18(3)15-8-9-17-14-7-5-4-6-13(14)15/h4-9,12,16H,10-11H2,1-3H3. The molecule has 0 fully saturated rings. The molecule has 0 aliphatic rings. The topological polar surface area (TPSA) is 28.2 Å². The molecule has 0 aliphatic heterocycles. The summed E-state index contributed by atoms with van der Waals surface area (Å²) in [7, 11) is 4.15. The van der Waals surface area contributed by atoms with Crippen LogP contribution in [0.2, 0.25) is 0 Å². The highest BCUT2D eigenvalue weighted by molar-refractivity contribution is 5.91. The van der Waals surface area contributed by atoms with Crippen LogP contribution in [0.15, 0.2) is 36.5 Å². The van der Waals surface area contributed by atoms with Gasteiger partial charge in [-0.15, -0.1) is 0 Å². The number of fused-ring (bicyclic) bond motifs is 1. The number of hydrogen-bond acceptors (Lipinski definition) is 3. The van der Waals surface area contributed by atoms with E-state index in [2.05, 4.69) is 53.4 Å². The summed E-state index contributed by atoms with van der Waals surface area (Å²) in [4.78, 5) is 6.71. The molecule has 0 radical (unpaired) electrons. The SMILES string of the molecule is CNCC(C)CN(C)c1ccnc2ccccc12. The van der Waals surface area contributed by atoms with Gasteiger partial charge in [-0.1, -0.05) is 25.1 Å². The molecule has 0 saturated heterocycles. The van der Waals surface area contributed by atoms with Crippen LogP contribution in [0.5, 0.6) is 0 Å². The summed E-state index contributed by atoms with van der Waals surface area (Å²) in [6.45, 7) is 4.33. The highest BCUT2D eigenvalue weighted by atomic mass is 15.1. The second-order valence-corrected chi connectivity index (χ2v) is 4.89. The van der Waals surface area contributed by atoms with Gasteiger partial charge in [0.05, 0.1) is 5.52 Å². The Morgan fingerprint density at radius 1 is 1.28 bits per heavy atom. The number of anilines is 1. The lowest BCUT2D eigenvalue weighted by atomic mass is 10.1. The van der Waals surface area contributed by atoms with Gasteiger partial charge in [0.15, 0.2) is 0 Å². The third-order valence-electron chi connectivity index (χ3n) is 3.18. The van der Waals surface area contributed by atoms with Crippen LogP contribution in [0.1, 0.15) is 6.92 Å². The Balaban J connectivity index is 2.24. The molecule has 2 rings (SSSR count).